The largest absolute Gasteiger partial charge is 0.480 e. The molecule has 2 aliphatic heterocycles. The van der Waals surface area contributed by atoms with E-state index in [1.54, 1.807) is 0 Å². The number of rotatable bonds is 2. The molecule has 0 saturated carbocycles. The number of fused-ring (bicyclic) bond motifs is 2. The molecule has 5 nitrogen and oxygen atoms in total. The van der Waals surface area contributed by atoms with Crippen LogP contribution in [0.3, 0.4) is 0 Å². The first-order chi connectivity index (χ1) is 7.23. The number of ether oxygens (including phenoxy) is 1. The summed E-state index contributed by atoms with van der Waals surface area (Å²) in [7, 11) is 0. The quantitative estimate of drug-likeness (QED) is 0.808. The zero-order valence-electron chi connectivity index (χ0n) is 7.92. The van der Waals surface area contributed by atoms with E-state index in [9.17, 15) is 9.90 Å². The van der Waals surface area contributed by atoms with Crippen LogP contribution in [0.25, 0.3) is 0 Å². The van der Waals surface area contributed by atoms with Crippen LogP contribution in [-0.4, -0.2) is 32.6 Å². The van der Waals surface area contributed by atoms with Crippen LogP contribution >= 0.6 is 11.5 Å². The van der Waals surface area contributed by atoms with E-state index in [2.05, 4.69) is 9.36 Å². The van der Waals surface area contributed by atoms with Gasteiger partial charge in [-0.05, 0) is 30.8 Å². The Kier molecular flexibility index (Phi) is 1.84. The Labute approximate surface area is 90.3 Å². The summed E-state index contributed by atoms with van der Waals surface area (Å²) in [5.41, 5.74) is -0.927. The van der Waals surface area contributed by atoms with Crippen LogP contribution in [0.1, 0.15) is 24.3 Å². The van der Waals surface area contributed by atoms with E-state index >= 15 is 0 Å². The lowest BCUT2D eigenvalue weighted by Gasteiger charge is -2.27. The Bertz CT molecular complexity index is 394. The van der Waals surface area contributed by atoms with Crippen molar-refractivity contribution in [3.63, 3.8) is 0 Å². The molecule has 1 aromatic rings. The molecule has 80 valence electrons. The smallest absolute Gasteiger partial charge is 0.319 e. The van der Waals surface area contributed by atoms with Crippen LogP contribution in [0.2, 0.25) is 0 Å². The molecule has 2 saturated heterocycles. The molecule has 1 aromatic heterocycles. The molecular formula is C9H10N2O3S. The topological polar surface area (TPSA) is 72.3 Å². The van der Waals surface area contributed by atoms with Gasteiger partial charge in [0, 0.05) is 0 Å². The summed E-state index contributed by atoms with van der Waals surface area (Å²) in [6, 6.07) is 0. The summed E-state index contributed by atoms with van der Waals surface area (Å²) in [5, 5.41) is 10.0. The van der Waals surface area contributed by atoms with Gasteiger partial charge in [0.25, 0.3) is 0 Å². The SMILES string of the molecule is O=C(O)C1(c2ncns2)CC2CCC1O2. The lowest BCUT2D eigenvalue weighted by molar-refractivity contribution is -0.146. The molecule has 6 heteroatoms. The number of carboxylic acids is 1. The van der Waals surface area contributed by atoms with E-state index in [-0.39, 0.29) is 12.2 Å². The maximum absolute atomic E-state index is 11.5. The average molecular weight is 226 g/mol. The molecular weight excluding hydrogens is 216 g/mol. The van der Waals surface area contributed by atoms with Crippen molar-refractivity contribution in [2.75, 3.05) is 0 Å². The van der Waals surface area contributed by atoms with Gasteiger partial charge < -0.3 is 9.84 Å². The maximum Gasteiger partial charge on any atom is 0.319 e. The summed E-state index contributed by atoms with van der Waals surface area (Å²) in [5.74, 6) is -0.827. The fourth-order valence-corrected chi connectivity index (χ4v) is 3.37. The molecule has 3 rings (SSSR count). The second-order valence-electron chi connectivity index (χ2n) is 4.05. The van der Waals surface area contributed by atoms with Crippen LogP contribution in [0, 0.1) is 0 Å². The number of aromatic nitrogens is 2. The molecule has 0 aromatic carbocycles. The van der Waals surface area contributed by atoms with E-state index < -0.39 is 11.4 Å². The molecule has 1 N–H and O–H groups in total. The minimum absolute atomic E-state index is 0.0926. The third-order valence-corrected chi connectivity index (χ3v) is 4.17. The molecule has 0 aliphatic carbocycles. The van der Waals surface area contributed by atoms with Crippen molar-refractivity contribution in [1.82, 2.24) is 9.36 Å². The van der Waals surface area contributed by atoms with E-state index in [4.69, 9.17) is 4.74 Å². The Morgan fingerprint density at radius 3 is 3.00 bits per heavy atom. The Morgan fingerprint density at radius 2 is 2.53 bits per heavy atom. The highest BCUT2D eigenvalue weighted by atomic mass is 32.1. The van der Waals surface area contributed by atoms with E-state index in [0.717, 1.165) is 12.8 Å². The van der Waals surface area contributed by atoms with Crippen molar-refractivity contribution in [2.45, 2.75) is 36.9 Å². The normalized spacial score (nSPS) is 38.4. The first kappa shape index (κ1) is 9.23. The van der Waals surface area contributed by atoms with Gasteiger partial charge in [0.2, 0.25) is 0 Å². The zero-order valence-corrected chi connectivity index (χ0v) is 8.74. The van der Waals surface area contributed by atoms with Gasteiger partial charge in [0.05, 0.1) is 12.2 Å². The predicted octanol–water partition coefficient (Wildman–Crippen LogP) is 0.812. The molecule has 0 radical (unpaired) electrons. The fraction of sp³-hybridized carbons (Fsp3) is 0.667. The zero-order chi connectivity index (χ0) is 10.5. The Hall–Kier alpha value is -1.01. The molecule has 3 unspecified atom stereocenters. The number of nitrogens with zero attached hydrogens (tertiary/aromatic N) is 2. The highest BCUT2D eigenvalue weighted by Gasteiger charge is 2.60. The van der Waals surface area contributed by atoms with Crippen molar-refractivity contribution in [3.05, 3.63) is 11.3 Å². The molecule has 3 heterocycles. The summed E-state index contributed by atoms with van der Waals surface area (Å²) < 4.78 is 9.52. The number of hydrogen-bond acceptors (Lipinski definition) is 5. The minimum atomic E-state index is -0.927. The summed E-state index contributed by atoms with van der Waals surface area (Å²) in [4.78, 5) is 15.5. The second kappa shape index (κ2) is 2.99. The number of carboxylic acid groups (broad SMARTS) is 1. The first-order valence-corrected chi connectivity index (χ1v) is 5.67. The van der Waals surface area contributed by atoms with Crippen LogP contribution < -0.4 is 0 Å². The van der Waals surface area contributed by atoms with E-state index in [1.807, 2.05) is 0 Å². The van der Waals surface area contributed by atoms with Crippen molar-refractivity contribution in [1.29, 1.82) is 0 Å². The summed E-state index contributed by atoms with van der Waals surface area (Å²) in [6.07, 6.45) is 3.62. The standard InChI is InChI=1S/C9H10N2O3S/c12-8(13)9(7-10-4-11-15-7)3-5-1-2-6(9)14-5/h4-6H,1-3H2,(H,12,13). The minimum Gasteiger partial charge on any atom is -0.480 e. The lowest BCUT2D eigenvalue weighted by atomic mass is 9.74. The van der Waals surface area contributed by atoms with Gasteiger partial charge in [0.1, 0.15) is 16.7 Å². The first-order valence-electron chi connectivity index (χ1n) is 4.89. The van der Waals surface area contributed by atoms with Crippen LogP contribution in [0.4, 0.5) is 0 Å². The molecule has 15 heavy (non-hydrogen) atoms. The van der Waals surface area contributed by atoms with Gasteiger partial charge >= 0.3 is 5.97 Å². The number of hydrogen-bond donors (Lipinski definition) is 1. The monoisotopic (exact) mass is 226 g/mol. The molecule has 2 fully saturated rings. The van der Waals surface area contributed by atoms with Crippen molar-refractivity contribution >= 4 is 17.5 Å². The average Bonchev–Trinajstić information content (AvgIpc) is 2.93. The molecule has 3 atom stereocenters. The molecule has 2 aliphatic rings. The van der Waals surface area contributed by atoms with Gasteiger partial charge in [-0.25, -0.2) is 4.98 Å². The van der Waals surface area contributed by atoms with Gasteiger partial charge in [-0.2, -0.15) is 4.37 Å². The summed E-state index contributed by atoms with van der Waals surface area (Å²) >= 11 is 1.17. The third kappa shape index (κ3) is 1.09. The Morgan fingerprint density at radius 1 is 1.67 bits per heavy atom. The molecule has 0 spiro atoms. The predicted molar refractivity (Wildman–Crippen MR) is 51.7 cm³/mol. The Balaban J connectivity index is 2.08. The van der Waals surface area contributed by atoms with Crippen molar-refractivity contribution < 1.29 is 14.6 Å². The van der Waals surface area contributed by atoms with Crippen LogP contribution in [0.5, 0.6) is 0 Å². The lowest BCUT2D eigenvalue weighted by Crippen LogP contribution is -2.44. The van der Waals surface area contributed by atoms with Crippen molar-refractivity contribution in [2.24, 2.45) is 0 Å². The van der Waals surface area contributed by atoms with Gasteiger partial charge in [-0.15, -0.1) is 0 Å². The highest BCUT2D eigenvalue weighted by Crippen LogP contribution is 2.49. The fourth-order valence-electron chi connectivity index (χ4n) is 2.62. The van der Waals surface area contributed by atoms with Gasteiger partial charge in [0.15, 0.2) is 0 Å². The third-order valence-electron chi connectivity index (χ3n) is 3.33. The summed E-state index contributed by atoms with van der Waals surface area (Å²) in [6.45, 7) is 0. The van der Waals surface area contributed by atoms with Gasteiger partial charge in [-0.3, -0.25) is 4.79 Å². The van der Waals surface area contributed by atoms with Crippen LogP contribution in [0.15, 0.2) is 6.33 Å². The number of aliphatic carboxylic acids is 1. The molecule has 2 bridgehead atoms. The van der Waals surface area contributed by atoms with E-state index in [1.165, 1.54) is 17.9 Å². The van der Waals surface area contributed by atoms with Crippen LogP contribution in [-0.2, 0) is 14.9 Å². The second-order valence-corrected chi connectivity index (χ2v) is 4.83. The van der Waals surface area contributed by atoms with E-state index in [0.29, 0.717) is 11.4 Å². The molecule has 0 amide bonds. The number of carbonyl (C=O) groups is 1. The highest BCUT2D eigenvalue weighted by molar-refractivity contribution is 7.05. The maximum atomic E-state index is 11.5. The van der Waals surface area contributed by atoms with Gasteiger partial charge in [-0.1, -0.05) is 0 Å². The van der Waals surface area contributed by atoms with Crippen molar-refractivity contribution in [3.8, 4) is 0 Å².